The highest BCUT2D eigenvalue weighted by molar-refractivity contribution is 5.96. The van der Waals surface area contributed by atoms with E-state index in [-0.39, 0.29) is 18.4 Å². The van der Waals surface area contributed by atoms with E-state index in [4.69, 9.17) is 4.74 Å². The SMILES string of the molecule is C=CCN(CC(=O)N(CCOC)Cc1cccn1Cc1ccccc1)C(=O)c1ccc(CC)cc1. The average Bonchev–Trinajstić information content (AvgIpc) is 3.32. The lowest BCUT2D eigenvalue weighted by atomic mass is 10.1. The highest BCUT2D eigenvalue weighted by Gasteiger charge is 2.22. The van der Waals surface area contributed by atoms with E-state index in [2.05, 4.69) is 30.2 Å². The van der Waals surface area contributed by atoms with Gasteiger partial charge in [-0.05, 0) is 41.8 Å². The van der Waals surface area contributed by atoms with Gasteiger partial charge in [-0.3, -0.25) is 9.59 Å². The number of benzene rings is 2. The zero-order valence-electron chi connectivity index (χ0n) is 20.7. The molecule has 0 unspecified atom stereocenters. The van der Waals surface area contributed by atoms with Gasteiger partial charge in [0.05, 0.1) is 13.2 Å². The standard InChI is InChI=1S/C29H35N3O3/c1-4-17-32(29(34)26-15-13-24(5-2)14-16-26)23-28(33)31(19-20-35-3)22-27-12-9-18-30(27)21-25-10-7-6-8-11-25/h4,6-16,18H,1,5,17,19-23H2,2-3H3. The second kappa shape index (κ2) is 13.3. The quantitative estimate of drug-likeness (QED) is 0.346. The normalized spacial score (nSPS) is 10.7. The van der Waals surface area contributed by atoms with E-state index >= 15 is 0 Å². The van der Waals surface area contributed by atoms with Crippen LogP contribution in [-0.2, 0) is 29.0 Å². The molecule has 6 nitrogen and oxygen atoms in total. The van der Waals surface area contributed by atoms with Crippen molar-refractivity contribution in [2.75, 3.05) is 33.4 Å². The molecule has 3 aromatic rings. The van der Waals surface area contributed by atoms with Crippen molar-refractivity contribution in [3.63, 3.8) is 0 Å². The lowest BCUT2D eigenvalue weighted by molar-refractivity contribution is -0.133. The molecule has 0 aliphatic heterocycles. The van der Waals surface area contributed by atoms with Crippen LogP contribution in [0, 0.1) is 0 Å². The van der Waals surface area contributed by atoms with Gasteiger partial charge in [-0.15, -0.1) is 6.58 Å². The zero-order valence-corrected chi connectivity index (χ0v) is 20.7. The molecule has 1 aromatic heterocycles. The third-order valence-corrected chi connectivity index (χ3v) is 5.96. The number of aryl methyl sites for hydroxylation is 1. The summed E-state index contributed by atoms with van der Waals surface area (Å²) in [4.78, 5) is 29.9. The number of amides is 2. The molecule has 2 amide bonds. The summed E-state index contributed by atoms with van der Waals surface area (Å²) in [6, 6.07) is 21.8. The van der Waals surface area contributed by atoms with Crippen molar-refractivity contribution in [3.05, 3.63) is 108 Å². The molecule has 35 heavy (non-hydrogen) atoms. The van der Waals surface area contributed by atoms with E-state index in [0.29, 0.717) is 31.8 Å². The maximum Gasteiger partial charge on any atom is 0.254 e. The Morgan fingerprint density at radius 2 is 1.71 bits per heavy atom. The van der Waals surface area contributed by atoms with E-state index in [0.717, 1.165) is 24.2 Å². The number of methoxy groups -OCH3 is 1. The lowest BCUT2D eigenvalue weighted by Gasteiger charge is -2.27. The Labute approximate surface area is 208 Å². The summed E-state index contributed by atoms with van der Waals surface area (Å²) in [5.41, 5.74) is 3.95. The van der Waals surface area contributed by atoms with Crippen LogP contribution in [0.25, 0.3) is 0 Å². The molecule has 0 aliphatic carbocycles. The number of rotatable bonds is 13. The monoisotopic (exact) mass is 473 g/mol. The Bertz CT molecular complexity index is 1090. The summed E-state index contributed by atoms with van der Waals surface area (Å²) in [5, 5.41) is 0. The van der Waals surface area contributed by atoms with Gasteiger partial charge in [-0.1, -0.05) is 55.5 Å². The third kappa shape index (κ3) is 7.42. The summed E-state index contributed by atoms with van der Waals surface area (Å²) >= 11 is 0. The van der Waals surface area contributed by atoms with Gasteiger partial charge in [0.15, 0.2) is 0 Å². The molecule has 3 rings (SSSR count). The number of ether oxygens (including phenoxy) is 1. The number of hydrogen-bond acceptors (Lipinski definition) is 3. The van der Waals surface area contributed by atoms with Gasteiger partial charge in [-0.2, -0.15) is 0 Å². The third-order valence-electron chi connectivity index (χ3n) is 5.96. The Kier molecular flexibility index (Phi) is 9.87. The van der Waals surface area contributed by atoms with Crippen LogP contribution in [0.2, 0.25) is 0 Å². The largest absolute Gasteiger partial charge is 0.383 e. The van der Waals surface area contributed by atoms with Crippen LogP contribution in [0.15, 0.2) is 85.6 Å². The minimum absolute atomic E-state index is 0.0243. The van der Waals surface area contributed by atoms with Gasteiger partial charge < -0.3 is 19.1 Å². The molecule has 6 heteroatoms. The molecule has 0 fully saturated rings. The van der Waals surface area contributed by atoms with E-state index in [1.54, 1.807) is 23.0 Å². The fourth-order valence-corrected chi connectivity index (χ4v) is 3.92. The van der Waals surface area contributed by atoms with Crippen LogP contribution in [0.1, 0.15) is 34.1 Å². The predicted molar refractivity (Wildman–Crippen MR) is 139 cm³/mol. The number of aromatic nitrogens is 1. The van der Waals surface area contributed by atoms with Gasteiger partial charge in [0.1, 0.15) is 6.54 Å². The molecule has 0 saturated heterocycles. The summed E-state index contributed by atoms with van der Waals surface area (Å²) in [5.74, 6) is -0.310. The smallest absolute Gasteiger partial charge is 0.254 e. The molecular weight excluding hydrogens is 438 g/mol. The van der Waals surface area contributed by atoms with Gasteiger partial charge in [-0.25, -0.2) is 0 Å². The van der Waals surface area contributed by atoms with Crippen LogP contribution in [0.5, 0.6) is 0 Å². The van der Waals surface area contributed by atoms with E-state index in [1.165, 1.54) is 5.56 Å². The predicted octanol–water partition coefficient (Wildman–Crippen LogP) is 4.40. The molecule has 1 heterocycles. The van der Waals surface area contributed by atoms with Crippen LogP contribution in [0.4, 0.5) is 0 Å². The van der Waals surface area contributed by atoms with E-state index in [1.807, 2.05) is 60.8 Å². The van der Waals surface area contributed by atoms with E-state index in [9.17, 15) is 9.59 Å². The Morgan fingerprint density at radius 3 is 2.37 bits per heavy atom. The zero-order chi connectivity index (χ0) is 25.0. The van der Waals surface area contributed by atoms with Crippen molar-refractivity contribution in [1.82, 2.24) is 14.4 Å². The number of hydrogen-bond donors (Lipinski definition) is 0. The van der Waals surface area contributed by atoms with Gasteiger partial charge >= 0.3 is 0 Å². The van der Waals surface area contributed by atoms with Crippen LogP contribution < -0.4 is 0 Å². The molecule has 0 bridgehead atoms. The first kappa shape index (κ1) is 26.0. The number of carbonyl (C=O) groups excluding carboxylic acids is 2. The second-order valence-electron chi connectivity index (χ2n) is 8.45. The summed E-state index contributed by atoms with van der Waals surface area (Å²) in [6.07, 6.45) is 4.58. The average molecular weight is 474 g/mol. The maximum atomic E-state index is 13.4. The maximum absolute atomic E-state index is 13.4. The first-order valence-corrected chi connectivity index (χ1v) is 12.0. The Hall–Kier alpha value is -3.64. The summed E-state index contributed by atoms with van der Waals surface area (Å²) in [7, 11) is 1.62. The van der Waals surface area contributed by atoms with Gasteiger partial charge in [0, 0.05) is 44.2 Å². The highest BCUT2D eigenvalue weighted by Crippen LogP contribution is 2.13. The fourth-order valence-electron chi connectivity index (χ4n) is 3.92. The molecule has 0 radical (unpaired) electrons. The molecule has 0 atom stereocenters. The molecular formula is C29H35N3O3. The summed E-state index contributed by atoms with van der Waals surface area (Å²) < 4.78 is 7.40. The molecule has 184 valence electrons. The Balaban J connectivity index is 1.74. The Morgan fingerprint density at radius 1 is 0.971 bits per heavy atom. The lowest BCUT2D eigenvalue weighted by Crippen LogP contribution is -2.44. The molecule has 0 saturated carbocycles. The first-order chi connectivity index (χ1) is 17.0. The molecule has 0 spiro atoms. The molecule has 0 N–H and O–H groups in total. The van der Waals surface area contributed by atoms with Crippen molar-refractivity contribution in [2.24, 2.45) is 0 Å². The van der Waals surface area contributed by atoms with Gasteiger partial charge in [0.25, 0.3) is 5.91 Å². The van der Waals surface area contributed by atoms with Crippen molar-refractivity contribution in [1.29, 1.82) is 0 Å². The van der Waals surface area contributed by atoms with Crippen LogP contribution in [-0.4, -0.2) is 59.5 Å². The minimum atomic E-state index is -0.181. The summed E-state index contributed by atoms with van der Waals surface area (Å²) in [6.45, 7) is 8.13. The number of carbonyl (C=O) groups is 2. The van der Waals surface area contributed by atoms with Crippen molar-refractivity contribution in [2.45, 2.75) is 26.4 Å². The first-order valence-electron chi connectivity index (χ1n) is 12.0. The fraction of sp³-hybridized carbons (Fsp3) is 0.310. The van der Waals surface area contributed by atoms with Crippen molar-refractivity contribution < 1.29 is 14.3 Å². The minimum Gasteiger partial charge on any atom is -0.383 e. The van der Waals surface area contributed by atoms with Crippen LogP contribution in [0.3, 0.4) is 0 Å². The topological polar surface area (TPSA) is 54.8 Å². The van der Waals surface area contributed by atoms with Crippen molar-refractivity contribution in [3.8, 4) is 0 Å². The van der Waals surface area contributed by atoms with Crippen molar-refractivity contribution >= 4 is 11.8 Å². The molecule has 2 aromatic carbocycles. The number of nitrogens with zero attached hydrogens (tertiary/aromatic N) is 3. The highest BCUT2D eigenvalue weighted by atomic mass is 16.5. The van der Waals surface area contributed by atoms with E-state index < -0.39 is 0 Å². The van der Waals surface area contributed by atoms with Gasteiger partial charge in [0.2, 0.25) is 5.91 Å². The van der Waals surface area contributed by atoms with Crippen LogP contribution >= 0.6 is 0 Å². The molecule has 0 aliphatic rings. The second-order valence-corrected chi connectivity index (χ2v) is 8.45.